The number of aryl methyl sites for hydroxylation is 1. The van der Waals surface area contributed by atoms with Gasteiger partial charge in [0.25, 0.3) is 5.91 Å². The molecule has 34 heavy (non-hydrogen) atoms. The summed E-state index contributed by atoms with van der Waals surface area (Å²) in [5.74, 6) is -0.637. The van der Waals surface area contributed by atoms with Gasteiger partial charge in [-0.05, 0) is 47.2 Å². The third-order valence-electron chi connectivity index (χ3n) is 5.96. The third-order valence-corrected chi connectivity index (χ3v) is 5.96. The van der Waals surface area contributed by atoms with E-state index < -0.39 is 11.7 Å². The Morgan fingerprint density at radius 2 is 1.91 bits per heavy atom. The maximum absolute atomic E-state index is 15.2. The smallest absolute Gasteiger partial charge is 0.261 e. The van der Waals surface area contributed by atoms with Crippen LogP contribution in [0.15, 0.2) is 49.0 Å². The second-order valence-electron chi connectivity index (χ2n) is 9.19. The van der Waals surface area contributed by atoms with E-state index in [0.717, 1.165) is 22.4 Å². The van der Waals surface area contributed by atoms with Crippen LogP contribution < -0.4 is 9.64 Å². The van der Waals surface area contributed by atoms with Gasteiger partial charge in [0.05, 0.1) is 19.3 Å². The van der Waals surface area contributed by atoms with Crippen LogP contribution in [0.1, 0.15) is 53.5 Å². The van der Waals surface area contributed by atoms with Gasteiger partial charge in [0.2, 0.25) is 5.88 Å². The summed E-state index contributed by atoms with van der Waals surface area (Å²) < 4.78 is 20.4. The van der Waals surface area contributed by atoms with Crippen molar-refractivity contribution in [3.63, 3.8) is 0 Å². The van der Waals surface area contributed by atoms with E-state index >= 15 is 4.39 Å². The summed E-state index contributed by atoms with van der Waals surface area (Å²) in [4.78, 5) is 19.3. The van der Waals surface area contributed by atoms with Gasteiger partial charge in [0.1, 0.15) is 5.82 Å². The maximum Gasteiger partial charge on any atom is 0.261 e. The van der Waals surface area contributed by atoms with E-state index in [4.69, 9.17) is 4.74 Å². The average molecular weight is 463 g/mol. The number of aromatic nitrogens is 1. The summed E-state index contributed by atoms with van der Waals surface area (Å²) in [5.41, 5.74) is 4.15. The molecule has 0 aliphatic heterocycles. The highest BCUT2D eigenvalue weighted by molar-refractivity contribution is 6.09. The van der Waals surface area contributed by atoms with E-state index in [-0.39, 0.29) is 17.6 Å². The Kier molecular flexibility index (Phi) is 7.22. The Morgan fingerprint density at radius 1 is 1.21 bits per heavy atom. The molecule has 0 unspecified atom stereocenters. The summed E-state index contributed by atoms with van der Waals surface area (Å²) in [6.45, 7) is 11.3. The molecule has 3 rings (SSSR count). The molecule has 1 N–H and O–H groups in total. The standard InChI is InChI=1S/C28H31FN2O3/c1-8-18-14-19(28(3,4)5)15-23(29)26(18)27(33)31(6)24-11-9-10-21(22(24)16-32)20-12-13-25(34-7)30-17(20)2/h8-15,32H,1,16H2,2-7H3. The van der Waals surface area contributed by atoms with Crippen LogP contribution in [0.4, 0.5) is 10.1 Å². The first-order valence-corrected chi connectivity index (χ1v) is 11.0. The van der Waals surface area contributed by atoms with Crippen molar-refractivity contribution < 1.29 is 19.0 Å². The van der Waals surface area contributed by atoms with Gasteiger partial charge in [-0.1, -0.05) is 51.6 Å². The molecule has 0 fully saturated rings. The molecule has 5 nitrogen and oxygen atoms in total. The molecule has 3 aromatic rings. The SMILES string of the molecule is C=Cc1cc(C(C)(C)C)cc(F)c1C(=O)N(C)c1cccc(-c2ccc(OC)nc2C)c1CO. The number of methoxy groups -OCH3 is 1. The molecule has 178 valence electrons. The summed E-state index contributed by atoms with van der Waals surface area (Å²) in [7, 11) is 3.12. The molecule has 0 atom stereocenters. The minimum atomic E-state index is -0.601. The minimum Gasteiger partial charge on any atom is -0.481 e. The van der Waals surface area contributed by atoms with Crippen LogP contribution in [-0.2, 0) is 12.0 Å². The largest absolute Gasteiger partial charge is 0.481 e. The number of aliphatic hydroxyl groups is 1. The van der Waals surface area contributed by atoms with Crippen molar-refractivity contribution in [1.29, 1.82) is 0 Å². The van der Waals surface area contributed by atoms with Gasteiger partial charge in [0, 0.05) is 35.6 Å². The molecule has 1 aromatic heterocycles. The van der Waals surface area contributed by atoms with Crippen molar-refractivity contribution in [2.75, 3.05) is 19.1 Å². The zero-order valence-corrected chi connectivity index (χ0v) is 20.6. The van der Waals surface area contributed by atoms with E-state index in [9.17, 15) is 9.90 Å². The van der Waals surface area contributed by atoms with Crippen molar-refractivity contribution in [3.8, 4) is 17.0 Å². The summed E-state index contributed by atoms with van der Waals surface area (Å²) in [6.07, 6.45) is 1.50. The van der Waals surface area contributed by atoms with Crippen LogP contribution >= 0.6 is 0 Å². The lowest BCUT2D eigenvalue weighted by Gasteiger charge is -2.25. The lowest BCUT2D eigenvalue weighted by Crippen LogP contribution is -2.29. The van der Waals surface area contributed by atoms with Gasteiger partial charge in [-0.25, -0.2) is 9.37 Å². The fourth-order valence-electron chi connectivity index (χ4n) is 3.97. The summed E-state index contributed by atoms with van der Waals surface area (Å²) in [5, 5.41) is 10.3. The number of hydrogen-bond donors (Lipinski definition) is 1. The van der Waals surface area contributed by atoms with Gasteiger partial charge in [0.15, 0.2) is 0 Å². The molecule has 2 aromatic carbocycles. The number of anilines is 1. The number of carbonyl (C=O) groups is 1. The molecule has 0 saturated carbocycles. The number of carbonyl (C=O) groups excluding carboxylic acids is 1. The van der Waals surface area contributed by atoms with Crippen molar-refractivity contribution in [3.05, 3.63) is 82.8 Å². The number of pyridine rings is 1. The fourth-order valence-corrected chi connectivity index (χ4v) is 3.97. The third kappa shape index (κ3) is 4.73. The maximum atomic E-state index is 15.2. The molecule has 0 saturated heterocycles. The zero-order chi connectivity index (χ0) is 25.2. The van der Waals surface area contributed by atoms with Crippen molar-refractivity contribution >= 4 is 17.7 Å². The quantitative estimate of drug-likeness (QED) is 0.494. The molecule has 0 aliphatic carbocycles. The average Bonchev–Trinajstić information content (AvgIpc) is 2.81. The molecule has 0 radical (unpaired) electrons. The van der Waals surface area contributed by atoms with Crippen LogP contribution in [0.25, 0.3) is 17.2 Å². The van der Waals surface area contributed by atoms with Crippen LogP contribution in [0, 0.1) is 12.7 Å². The minimum absolute atomic E-state index is 0.0536. The summed E-state index contributed by atoms with van der Waals surface area (Å²) >= 11 is 0. The molecular weight excluding hydrogens is 431 g/mol. The lowest BCUT2D eigenvalue weighted by molar-refractivity contribution is 0.0988. The van der Waals surface area contributed by atoms with E-state index in [1.807, 2.05) is 39.8 Å². The Labute approximate surface area is 200 Å². The van der Waals surface area contributed by atoms with Crippen molar-refractivity contribution in [2.45, 2.75) is 39.7 Å². The highest BCUT2D eigenvalue weighted by atomic mass is 19.1. The predicted molar refractivity (Wildman–Crippen MR) is 135 cm³/mol. The molecule has 0 aliphatic rings. The monoisotopic (exact) mass is 462 g/mol. The van der Waals surface area contributed by atoms with Gasteiger partial charge in [-0.3, -0.25) is 4.79 Å². The first-order chi connectivity index (χ1) is 16.0. The van der Waals surface area contributed by atoms with E-state index in [2.05, 4.69) is 11.6 Å². The predicted octanol–water partition coefficient (Wildman–Crippen LogP) is 5.91. The van der Waals surface area contributed by atoms with Crippen LogP contribution in [0.3, 0.4) is 0 Å². The summed E-state index contributed by atoms with van der Waals surface area (Å²) in [6, 6.07) is 12.2. The van der Waals surface area contributed by atoms with Gasteiger partial charge >= 0.3 is 0 Å². The number of ether oxygens (including phenoxy) is 1. The van der Waals surface area contributed by atoms with Gasteiger partial charge in [-0.15, -0.1) is 0 Å². The Morgan fingerprint density at radius 3 is 2.47 bits per heavy atom. The van der Waals surface area contributed by atoms with Crippen LogP contribution in [0.5, 0.6) is 5.88 Å². The molecule has 0 spiro atoms. The zero-order valence-electron chi connectivity index (χ0n) is 20.6. The molecule has 1 heterocycles. The highest BCUT2D eigenvalue weighted by Gasteiger charge is 2.26. The number of rotatable bonds is 6. The molecule has 6 heteroatoms. The number of nitrogens with zero attached hydrogens (tertiary/aromatic N) is 2. The van der Waals surface area contributed by atoms with Crippen molar-refractivity contribution in [1.82, 2.24) is 4.98 Å². The van der Waals surface area contributed by atoms with Crippen LogP contribution in [0.2, 0.25) is 0 Å². The van der Waals surface area contributed by atoms with E-state index in [1.165, 1.54) is 17.0 Å². The highest BCUT2D eigenvalue weighted by Crippen LogP contribution is 2.35. The van der Waals surface area contributed by atoms with E-state index in [1.54, 1.807) is 38.4 Å². The Balaban J connectivity index is 2.11. The molecule has 1 amide bonds. The van der Waals surface area contributed by atoms with E-state index in [0.29, 0.717) is 22.7 Å². The number of aliphatic hydroxyl groups excluding tert-OH is 1. The lowest BCUT2D eigenvalue weighted by atomic mass is 9.84. The van der Waals surface area contributed by atoms with Crippen LogP contribution in [-0.4, -0.2) is 30.2 Å². The number of hydrogen-bond acceptors (Lipinski definition) is 4. The Hall–Kier alpha value is -3.51. The second kappa shape index (κ2) is 9.77. The normalized spacial score (nSPS) is 11.3. The second-order valence-corrected chi connectivity index (χ2v) is 9.19. The first-order valence-electron chi connectivity index (χ1n) is 11.0. The molecule has 0 bridgehead atoms. The van der Waals surface area contributed by atoms with Gasteiger partial charge < -0.3 is 14.7 Å². The Bertz CT molecular complexity index is 1250. The van der Waals surface area contributed by atoms with Gasteiger partial charge in [-0.2, -0.15) is 0 Å². The first kappa shape index (κ1) is 25.1. The number of halogens is 1. The van der Waals surface area contributed by atoms with Crippen molar-refractivity contribution in [2.24, 2.45) is 0 Å². The number of amides is 1. The fraction of sp³-hybridized carbons (Fsp3) is 0.286. The number of benzene rings is 2. The topological polar surface area (TPSA) is 62.7 Å². The molecular formula is C28H31FN2O3.